The molecule has 1 aliphatic rings. The maximum atomic E-state index is 14.3. The molecule has 0 saturated carbocycles. The lowest BCUT2D eigenvalue weighted by Crippen LogP contribution is -2.57. The Morgan fingerprint density at radius 3 is 1.97 bits per heavy atom. The second-order valence-electron chi connectivity index (χ2n) is 9.26. The summed E-state index contributed by atoms with van der Waals surface area (Å²) >= 11 is 0. The van der Waals surface area contributed by atoms with E-state index in [0.717, 1.165) is 12.1 Å². The molecule has 0 spiro atoms. The number of hydrogen-bond donors (Lipinski definition) is 1. The predicted octanol–water partition coefficient (Wildman–Crippen LogP) is 4.69. The van der Waals surface area contributed by atoms with Crippen LogP contribution >= 0.6 is 0 Å². The molecule has 0 amide bonds. The largest absolute Gasteiger partial charge is 0.315 e. The Bertz CT molecular complexity index is 1070. The van der Waals surface area contributed by atoms with Gasteiger partial charge in [0.05, 0.1) is 5.41 Å². The van der Waals surface area contributed by atoms with E-state index >= 15 is 0 Å². The first kappa shape index (κ1) is 23.1. The van der Waals surface area contributed by atoms with Crippen molar-refractivity contribution >= 4 is 11.6 Å². The van der Waals surface area contributed by atoms with Crippen LogP contribution in [-0.4, -0.2) is 50.2 Å². The Labute approximate surface area is 196 Å². The van der Waals surface area contributed by atoms with Gasteiger partial charge in [0.25, 0.3) is 0 Å². The summed E-state index contributed by atoms with van der Waals surface area (Å²) in [5.74, 6) is -0.359. The Morgan fingerprint density at radius 2 is 1.39 bits per heavy atom. The smallest absolute Gasteiger partial charge is 0.170 e. The molecule has 0 aliphatic carbocycles. The third-order valence-electron chi connectivity index (χ3n) is 6.85. The molecule has 0 radical (unpaired) electrons. The number of Topliss-reactive ketones (excluding diaryl/α,β-unsaturated/α-hetero) is 2. The molecular weight excluding hydrogens is 408 g/mol. The third kappa shape index (κ3) is 4.82. The van der Waals surface area contributed by atoms with Crippen molar-refractivity contribution in [2.24, 2.45) is 11.3 Å². The molecule has 33 heavy (non-hydrogen) atoms. The first-order chi connectivity index (χ1) is 16.0. The molecule has 1 N–H and O–H groups in total. The van der Waals surface area contributed by atoms with Gasteiger partial charge in [-0.05, 0) is 32.6 Å². The highest BCUT2D eigenvalue weighted by Crippen LogP contribution is 2.49. The molecule has 3 aromatic carbocycles. The van der Waals surface area contributed by atoms with Crippen LogP contribution in [0.1, 0.15) is 38.6 Å². The molecule has 1 unspecified atom stereocenters. The van der Waals surface area contributed by atoms with Gasteiger partial charge in [-0.25, -0.2) is 0 Å². The van der Waals surface area contributed by atoms with E-state index in [1.807, 2.05) is 93.0 Å². The Morgan fingerprint density at radius 1 is 0.848 bits per heavy atom. The highest BCUT2D eigenvalue weighted by molar-refractivity contribution is 6.04. The van der Waals surface area contributed by atoms with Crippen LogP contribution in [0, 0.1) is 11.3 Å². The van der Waals surface area contributed by atoms with E-state index in [1.54, 1.807) is 0 Å². The van der Waals surface area contributed by atoms with Crippen molar-refractivity contribution in [3.05, 3.63) is 108 Å². The molecule has 3 atom stereocenters. The summed E-state index contributed by atoms with van der Waals surface area (Å²) < 4.78 is 0. The molecule has 0 bridgehead atoms. The highest BCUT2D eigenvalue weighted by atomic mass is 16.1. The fourth-order valence-corrected chi connectivity index (χ4v) is 5.21. The van der Waals surface area contributed by atoms with Crippen molar-refractivity contribution in [1.82, 2.24) is 10.2 Å². The van der Waals surface area contributed by atoms with Crippen LogP contribution in [0.3, 0.4) is 0 Å². The SMILES string of the molecule is CN(C)CC[C@]1(C(=O)c2ccccc2)CNC[C@H](C(=O)c2ccccc2)C1c1ccccc1. The molecule has 3 aromatic rings. The van der Waals surface area contributed by atoms with E-state index in [-0.39, 0.29) is 23.4 Å². The number of carbonyl (C=O) groups is 2. The van der Waals surface area contributed by atoms with Crippen LogP contribution < -0.4 is 5.32 Å². The van der Waals surface area contributed by atoms with Gasteiger partial charge in [-0.15, -0.1) is 0 Å². The molecule has 0 aromatic heterocycles. The van der Waals surface area contributed by atoms with Crippen LogP contribution in [-0.2, 0) is 0 Å². The lowest BCUT2D eigenvalue weighted by atomic mass is 9.58. The molecule has 1 saturated heterocycles. The topological polar surface area (TPSA) is 49.4 Å². The zero-order chi connectivity index (χ0) is 23.3. The van der Waals surface area contributed by atoms with Crippen molar-refractivity contribution in [3.8, 4) is 0 Å². The summed E-state index contributed by atoms with van der Waals surface area (Å²) in [6.07, 6.45) is 0.666. The van der Waals surface area contributed by atoms with Gasteiger partial charge in [-0.3, -0.25) is 9.59 Å². The second-order valence-corrected chi connectivity index (χ2v) is 9.26. The summed E-state index contributed by atoms with van der Waals surface area (Å²) in [7, 11) is 4.06. The maximum absolute atomic E-state index is 14.3. The number of piperidine rings is 1. The number of ketones is 2. The van der Waals surface area contributed by atoms with E-state index < -0.39 is 5.41 Å². The minimum absolute atomic E-state index is 0.0896. The standard InChI is InChI=1S/C29H32N2O2/c1-31(2)19-18-29(28(33)24-16-10-5-11-17-24)21-30-20-25(26(29)22-12-6-3-7-13-22)27(32)23-14-8-4-9-15-23/h3-17,25-26,30H,18-21H2,1-2H3/t25-,26?,29-/m0/s1. The van der Waals surface area contributed by atoms with E-state index in [9.17, 15) is 9.59 Å². The number of carbonyl (C=O) groups excluding carboxylic acids is 2. The summed E-state index contributed by atoms with van der Waals surface area (Å²) in [6.45, 7) is 1.86. The van der Waals surface area contributed by atoms with Crippen molar-refractivity contribution < 1.29 is 9.59 Å². The van der Waals surface area contributed by atoms with Gasteiger partial charge in [0.1, 0.15) is 0 Å². The monoisotopic (exact) mass is 440 g/mol. The Balaban J connectivity index is 1.86. The molecular formula is C29H32N2O2. The van der Waals surface area contributed by atoms with Crippen molar-refractivity contribution in [2.45, 2.75) is 12.3 Å². The van der Waals surface area contributed by atoms with E-state index in [1.165, 1.54) is 0 Å². The van der Waals surface area contributed by atoms with Crippen molar-refractivity contribution in [2.75, 3.05) is 33.7 Å². The summed E-state index contributed by atoms with van der Waals surface area (Å²) in [6, 6.07) is 29.1. The van der Waals surface area contributed by atoms with E-state index in [4.69, 9.17) is 0 Å². The number of nitrogens with zero attached hydrogens (tertiary/aromatic N) is 1. The zero-order valence-corrected chi connectivity index (χ0v) is 19.4. The summed E-state index contributed by atoms with van der Waals surface area (Å²) in [5, 5.41) is 3.49. The number of hydrogen-bond acceptors (Lipinski definition) is 4. The molecule has 1 heterocycles. The van der Waals surface area contributed by atoms with Gasteiger partial charge in [0, 0.05) is 36.1 Å². The van der Waals surface area contributed by atoms with Crippen molar-refractivity contribution in [3.63, 3.8) is 0 Å². The predicted molar refractivity (Wildman–Crippen MR) is 133 cm³/mol. The first-order valence-corrected chi connectivity index (χ1v) is 11.6. The maximum Gasteiger partial charge on any atom is 0.170 e. The summed E-state index contributed by atoms with van der Waals surface area (Å²) in [4.78, 5) is 30.2. The number of nitrogens with one attached hydrogen (secondary N) is 1. The van der Waals surface area contributed by atoms with Gasteiger partial charge in [-0.2, -0.15) is 0 Å². The summed E-state index contributed by atoms with van der Waals surface area (Å²) in [5.41, 5.74) is 1.71. The van der Waals surface area contributed by atoms with Gasteiger partial charge < -0.3 is 10.2 Å². The van der Waals surface area contributed by atoms with Crippen LogP contribution in [0.5, 0.6) is 0 Å². The highest BCUT2D eigenvalue weighted by Gasteiger charge is 2.53. The van der Waals surface area contributed by atoms with Crippen LogP contribution in [0.2, 0.25) is 0 Å². The van der Waals surface area contributed by atoms with Gasteiger partial charge in [0.15, 0.2) is 11.6 Å². The lowest BCUT2D eigenvalue weighted by molar-refractivity contribution is 0.0506. The number of rotatable bonds is 8. The average Bonchev–Trinajstić information content (AvgIpc) is 2.87. The van der Waals surface area contributed by atoms with E-state index in [2.05, 4.69) is 22.3 Å². The number of benzene rings is 3. The zero-order valence-electron chi connectivity index (χ0n) is 19.4. The Kier molecular flexibility index (Phi) is 7.17. The fourth-order valence-electron chi connectivity index (χ4n) is 5.21. The first-order valence-electron chi connectivity index (χ1n) is 11.6. The molecule has 1 aliphatic heterocycles. The van der Waals surface area contributed by atoms with Gasteiger partial charge >= 0.3 is 0 Å². The van der Waals surface area contributed by atoms with Gasteiger partial charge in [-0.1, -0.05) is 91.0 Å². The van der Waals surface area contributed by atoms with Gasteiger partial charge in [0.2, 0.25) is 0 Å². The molecule has 170 valence electrons. The van der Waals surface area contributed by atoms with Crippen LogP contribution in [0.15, 0.2) is 91.0 Å². The molecule has 4 heteroatoms. The fraction of sp³-hybridized carbons (Fsp3) is 0.310. The van der Waals surface area contributed by atoms with Crippen LogP contribution in [0.25, 0.3) is 0 Å². The molecule has 4 nitrogen and oxygen atoms in total. The molecule has 1 fully saturated rings. The normalized spacial score (nSPS) is 22.8. The van der Waals surface area contributed by atoms with Crippen molar-refractivity contribution in [1.29, 1.82) is 0 Å². The van der Waals surface area contributed by atoms with Crippen LogP contribution in [0.4, 0.5) is 0 Å². The second kappa shape index (κ2) is 10.2. The minimum atomic E-state index is -0.736. The Hall–Kier alpha value is -3.08. The third-order valence-corrected chi connectivity index (χ3v) is 6.85. The average molecular weight is 441 g/mol. The lowest BCUT2D eigenvalue weighted by Gasteiger charge is -2.48. The van der Waals surface area contributed by atoms with E-state index in [0.29, 0.717) is 30.6 Å². The quantitative estimate of drug-likeness (QED) is 0.516. The molecule has 4 rings (SSSR count). The minimum Gasteiger partial charge on any atom is -0.315 e.